The summed E-state index contributed by atoms with van der Waals surface area (Å²) >= 11 is 0. The average Bonchev–Trinajstić information content (AvgIpc) is 2.74. The molecule has 1 rings (SSSR count). The monoisotopic (exact) mass is 236 g/mol. The van der Waals surface area contributed by atoms with E-state index in [-0.39, 0.29) is 5.78 Å². The van der Waals surface area contributed by atoms with Gasteiger partial charge < -0.3 is 0 Å². The van der Waals surface area contributed by atoms with Crippen LogP contribution in [0.2, 0.25) is 0 Å². The van der Waals surface area contributed by atoms with Gasteiger partial charge in [0.25, 0.3) is 0 Å². The van der Waals surface area contributed by atoms with Crippen LogP contribution in [0.1, 0.15) is 68.8 Å². The molecule has 0 amide bonds. The average molecular weight is 236 g/mol. The number of nitrogens with zero attached hydrogens (tertiary/aromatic N) is 2. The Labute approximate surface area is 104 Å². The highest BCUT2D eigenvalue weighted by Gasteiger charge is 2.07. The normalized spacial score (nSPS) is 10.7. The third-order valence-electron chi connectivity index (χ3n) is 3.01. The van der Waals surface area contributed by atoms with Gasteiger partial charge in [-0.3, -0.25) is 9.48 Å². The first kappa shape index (κ1) is 13.9. The minimum absolute atomic E-state index is 0.180. The molecule has 3 nitrogen and oxygen atoms in total. The van der Waals surface area contributed by atoms with Gasteiger partial charge in [0.1, 0.15) is 5.69 Å². The summed E-state index contributed by atoms with van der Waals surface area (Å²) < 4.78 is 1.68. The summed E-state index contributed by atoms with van der Waals surface area (Å²) in [7, 11) is 1.84. The molecule has 0 aromatic carbocycles. The van der Waals surface area contributed by atoms with Crippen molar-refractivity contribution in [3.63, 3.8) is 0 Å². The standard InChI is InChI=1S/C14H24N2O/c1-3-4-5-6-7-8-9-10-14(17)13-11-12-16(2)15-13/h11-12H,3-10H2,1-2H3. The van der Waals surface area contributed by atoms with E-state index < -0.39 is 0 Å². The Morgan fingerprint density at radius 2 is 1.82 bits per heavy atom. The molecule has 0 unspecified atom stereocenters. The molecule has 0 radical (unpaired) electrons. The molecular weight excluding hydrogens is 212 g/mol. The number of rotatable bonds is 9. The van der Waals surface area contributed by atoms with Crippen LogP contribution in [0.25, 0.3) is 0 Å². The van der Waals surface area contributed by atoms with Crippen molar-refractivity contribution in [2.24, 2.45) is 7.05 Å². The first-order valence-electron chi connectivity index (χ1n) is 6.77. The Balaban J connectivity index is 2.05. The second kappa shape index (κ2) is 8.04. The fourth-order valence-corrected chi connectivity index (χ4v) is 1.93. The molecular formula is C14H24N2O. The predicted molar refractivity (Wildman–Crippen MR) is 70.1 cm³/mol. The van der Waals surface area contributed by atoms with Crippen molar-refractivity contribution in [3.8, 4) is 0 Å². The zero-order chi connectivity index (χ0) is 12.5. The Hall–Kier alpha value is -1.12. The van der Waals surface area contributed by atoms with Gasteiger partial charge in [-0.05, 0) is 12.5 Å². The number of hydrogen-bond donors (Lipinski definition) is 0. The van der Waals surface area contributed by atoms with E-state index in [0.717, 1.165) is 6.42 Å². The van der Waals surface area contributed by atoms with Gasteiger partial charge in [-0.15, -0.1) is 0 Å². The molecule has 0 fully saturated rings. The maximum absolute atomic E-state index is 11.7. The van der Waals surface area contributed by atoms with Crippen LogP contribution in [0.5, 0.6) is 0 Å². The Kier molecular flexibility index (Phi) is 6.60. The molecule has 3 heteroatoms. The first-order valence-corrected chi connectivity index (χ1v) is 6.77. The Bertz CT molecular complexity index is 331. The van der Waals surface area contributed by atoms with Crippen molar-refractivity contribution in [1.29, 1.82) is 0 Å². The summed E-state index contributed by atoms with van der Waals surface area (Å²) in [6, 6.07) is 1.80. The van der Waals surface area contributed by atoms with E-state index in [2.05, 4.69) is 12.0 Å². The van der Waals surface area contributed by atoms with Gasteiger partial charge >= 0.3 is 0 Å². The third kappa shape index (κ3) is 5.66. The molecule has 0 saturated heterocycles. The van der Waals surface area contributed by atoms with Crippen molar-refractivity contribution in [2.75, 3.05) is 0 Å². The van der Waals surface area contributed by atoms with E-state index in [9.17, 15) is 4.79 Å². The highest BCUT2D eigenvalue weighted by atomic mass is 16.1. The van der Waals surface area contributed by atoms with Crippen LogP contribution in [-0.2, 0) is 7.05 Å². The molecule has 0 saturated carbocycles. The molecule has 1 aromatic rings. The van der Waals surface area contributed by atoms with Gasteiger partial charge in [-0.25, -0.2) is 0 Å². The Morgan fingerprint density at radius 1 is 1.18 bits per heavy atom. The van der Waals surface area contributed by atoms with E-state index in [1.807, 2.05) is 13.2 Å². The van der Waals surface area contributed by atoms with Crippen molar-refractivity contribution < 1.29 is 4.79 Å². The molecule has 1 aromatic heterocycles. The van der Waals surface area contributed by atoms with Crippen molar-refractivity contribution in [3.05, 3.63) is 18.0 Å². The molecule has 17 heavy (non-hydrogen) atoms. The Morgan fingerprint density at radius 3 is 2.41 bits per heavy atom. The number of carbonyl (C=O) groups excluding carboxylic acids is 1. The van der Waals surface area contributed by atoms with Crippen LogP contribution in [0.15, 0.2) is 12.3 Å². The summed E-state index contributed by atoms with van der Waals surface area (Å²) in [5.74, 6) is 0.180. The van der Waals surface area contributed by atoms with Crippen LogP contribution in [-0.4, -0.2) is 15.6 Å². The number of aryl methyl sites for hydroxylation is 1. The highest BCUT2D eigenvalue weighted by molar-refractivity contribution is 5.94. The predicted octanol–water partition coefficient (Wildman–Crippen LogP) is 3.74. The molecule has 96 valence electrons. The van der Waals surface area contributed by atoms with E-state index in [4.69, 9.17) is 0 Å². The lowest BCUT2D eigenvalue weighted by Gasteiger charge is -2.00. The molecule has 0 spiro atoms. The van der Waals surface area contributed by atoms with Crippen LogP contribution >= 0.6 is 0 Å². The smallest absolute Gasteiger partial charge is 0.183 e. The summed E-state index contributed by atoms with van der Waals surface area (Å²) in [6.45, 7) is 2.23. The second-order valence-electron chi connectivity index (χ2n) is 4.67. The summed E-state index contributed by atoms with van der Waals surface area (Å²) in [6.07, 6.45) is 11.2. The van der Waals surface area contributed by atoms with E-state index in [0.29, 0.717) is 12.1 Å². The largest absolute Gasteiger partial charge is 0.292 e. The zero-order valence-electron chi connectivity index (χ0n) is 11.1. The summed E-state index contributed by atoms with van der Waals surface area (Å²) in [5.41, 5.74) is 0.610. The number of hydrogen-bond acceptors (Lipinski definition) is 2. The number of aromatic nitrogens is 2. The minimum Gasteiger partial charge on any atom is -0.292 e. The fourth-order valence-electron chi connectivity index (χ4n) is 1.93. The van der Waals surface area contributed by atoms with Gasteiger partial charge in [0.15, 0.2) is 5.78 Å². The third-order valence-corrected chi connectivity index (χ3v) is 3.01. The van der Waals surface area contributed by atoms with Crippen LogP contribution in [0.3, 0.4) is 0 Å². The number of carbonyl (C=O) groups is 1. The molecule has 1 heterocycles. The van der Waals surface area contributed by atoms with E-state index in [1.54, 1.807) is 10.7 Å². The lowest BCUT2D eigenvalue weighted by atomic mass is 10.1. The molecule has 0 aliphatic rings. The molecule has 0 atom stereocenters. The van der Waals surface area contributed by atoms with Crippen LogP contribution in [0, 0.1) is 0 Å². The van der Waals surface area contributed by atoms with Gasteiger partial charge in [-0.1, -0.05) is 45.4 Å². The second-order valence-corrected chi connectivity index (χ2v) is 4.67. The van der Waals surface area contributed by atoms with Crippen LogP contribution < -0.4 is 0 Å². The van der Waals surface area contributed by atoms with Gasteiger partial charge in [0, 0.05) is 19.7 Å². The van der Waals surface area contributed by atoms with Gasteiger partial charge in [0.05, 0.1) is 0 Å². The maximum atomic E-state index is 11.7. The van der Waals surface area contributed by atoms with Crippen molar-refractivity contribution >= 4 is 5.78 Å². The summed E-state index contributed by atoms with van der Waals surface area (Å²) in [4.78, 5) is 11.7. The molecule has 0 N–H and O–H groups in total. The topological polar surface area (TPSA) is 34.9 Å². The highest BCUT2D eigenvalue weighted by Crippen LogP contribution is 2.10. The molecule has 0 bridgehead atoms. The molecule has 0 aliphatic carbocycles. The van der Waals surface area contributed by atoms with Crippen molar-refractivity contribution in [2.45, 2.75) is 58.3 Å². The van der Waals surface area contributed by atoms with E-state index in [1.165, 1.54) is 38.5 Å². The lowest BCUT2D eigenvalue weighted by molar-refractivity contribution is 0.0973. The van der Waals surface area contributed by atoms with E-state index >= 15 is 0 Å². The number of unbranched alkanes of at least 4 members (excludes halogenated alkanes) is 6. The minimum atomic E-state index is 0.180. The van der Waals surface area contributed by atoms with Gasteiger partial charge in [0.2, 0.25) is 0 Å². The first-order chi connectivity index (χ1) is 8.24. The lowest BCUT2D eigenvalue weighted by Crippen LogP contribution is -2.01. The van der Waals surface area contributed by atoms with Crippen molar-refractivity contribution in [1.82, 2.24) is 9.78 Å². The quantitative estimate of drug-likeness (QED) is 0.483. The zero-order valence-corrected chi connectivity index (χ0v) is 11.1. The number of ketones is 1. The fraction of sp³-hybridized carbons (Fsp3) is 0.714. The van der Waals surface area contributed by atoms with Crippen LogP contribution in [0.4, 0.5) is 0 Å². The number of Topliss-reactive ketones (excluding diaryl/α,β-unsaturated/α-hetero) is 1. The SMILES string of the molecule is CCCCCCCCCC(=O)c1ccn(C)n1. The van der Waals surface area contributed by atoms with Gasteiger partial charge in [-0.2, -0.15) is 5.10 Å². The molecule has 0 aliphatic heterocycles. The summed E-state index contributed by atoms with van der Waals surface area (Å²) in [5, 5.41) is 4.12. The maximum Gasteiger partial charge on any atom is 0.183 e.